The number of ether oxygens (including phenoxy) is 2. The second kappa shape index (κ2) is 6.04. The van der Waals surface area contributed by atoms with Crippen LogP contribution in [0.25, 0.3) is 0 Å². The lowest BCUT2D eigenvalue weighted by Gasteiger charge is -2.32. The number of carbonyl (C=O) groups excluding carboxylic acids is 3. The highest BCUT2D eigenvalue weighted by molar-refractivity contribution is 6.00. The monoisotopic (exact) mass is 271 g/mol. The van der Waals surface area contributed by atoms with E-state index in [-0.39, 0.29) is 31.9 Å². The molecule has 1 atom stereocenters. The van der Waals surface area contributed by atoms with Crippen molar-refractivity contribution in [1.82, 2.24) is 4.90 Å². The molecule has 0 aliphatic carbocycles. The van der Waals surface area contributed by atoms with Crippen molar-refractivity contribution in [2.45, 2.75) is 39.7 Å². The second-order valence-corrected chi connectivity index (χ2v) is 5.45. The molecule has 6 nitrogen and oxygen atoms in total. The molecule has 1 aliphatic rings. The summed E-state index contributed by atoms with van der Waals surface area (Å²) in [6, 6.07) is 0. The van der Waals surface area contributed by atoms with E-state index in [4.69, 9.17) is 9.47 Å². The van der Waals surface area contributed by atoms with Gasteiger partial charge < -0.3 is 14.4 Å². The number of carbonyl (C=O) groups is 3. The van der Waals surface area contributed by atoms with Crippen molar-refractivity contribution in [2.24, 2.45) is 5.92 Å². The standard InChI is InChI=1S/C13H21NO5/c1-5-18-11(16)9-8-14(7-6-10(9)15)12(17)19-13(2,3)4/h9H,5-8H2,1-4H3/t9-/m1/s1. The lowest BCUT2D eigenvalue weighted by molar-refractivity contribution is -0.153. The van der Waals surface area contributed by atoms with Gasteiger partial charge in [0.15, 0.2) is 5.78 Å². The molecule has 19 heavy (non-hydrogen) atoms. The maximum atomic E-state index is 11.9. The van der Waals surface area contributed by atoms with Crippen molar-refractivity contribution in [2.75, 3.05) is 19.7 Å². The van der Waals surface area contributed by atoms with E-state index in [1.165, 1.54) is 4.90 Å². The summed E-state index contributed by atoms with van der Waals surface area (Å²) in [6.45, 7) is 7.51. The van der Waals surface area contributed by atoms with Gasteiger partial charge in [-0.15, -0.1) is 0 Å². The zero-order valence-corrected chi connectivity index (χ0v) is 11.9. The van der Waals surface area contributed by atoms with E-state index in [2.05, 4.69) is 0 Å². The normalized spacial score (nSPS) is 20.1. The predicted octanol–water partition coefficient (Wildman–Crippen LogP) is 1.38. The molecule has 0 aromatic rings. The van der Waals surface area contributed by atoms with Gasteiger partial charge in [0, 0.05) is 19.5 Å². The Morgan fingerprint density at radius 1 is 1.37 bits per heavy atom. The molecule has 1 rings (SSSR count). The van der Waals surface area contributed by atoms with Crippen molar-refractivity contribution in [3.8, 4) is 0 Å². The van der Waals surface area contributed by atoms with Crippen LogP contribution in [-0.4, -0.2) is 48.0 Å². The molecule has 0 radical (unpaired) electrons. The molecule has 0 aromatic carbocycles. The first-order valence-corrected chi connectivity index (χ1v) is 6.42. The molecule has 0 saturated carbocycles. The van der Waals surface area contributed by atoms with Crippen LogP contribution < -0.4 is 0 Å². The molecule has 1 aliphatic heterocycles. The summed E-state index contributed by atoms with van der Waals surface area (Å²) in [5.41, 5.74) is -0.599. The molecule has 0 spiro atoms. The van der Waals surface area contributed by atoms with Gasteiger partial charge in [-0.3, -0.25) is 9.59 Å². The molecule has 108 valence electrons. The Hall–Kier alpha value is -1.59. The number of likely N-dealkylation sites (tertiary alicyclic amines) is 1. The van der Waals surface area contributed by atoms with Gasteiger partial charge in [0.05, 0.1) is 6.61 Å². The van der Waals surface area contributed by atoms with Crippen LogP contribution in [-0.2, 0) is 19.1 Å². The van der Waals surface area contributed by atoms with E-state index in [0.29, 0.717) is 0 Å². The van der Waals surface area contributed by atoms with Crippen molar-refractivity contribution < 1.29 is 23.9 Å². The topological polar surface area (TPSA) is 72.9 Å². The molecular weight excluding hydrogens is 250 g/mol. The molecule has 0 N–H and O–H groups in total. The van der Waals surface area contributed by atoms with Crippen LogP contribution in [0.3, 0.4) is 0 Å². The number of rotatable bonds is 2. The Morgan fingerprint density at radius 2 is 2.00 bits per heavy atom. The van der Waals surface area contributed by atoms with Crippen LogP contribution in [0.15, 0.2) is 0 Å². The van der Waals surface area contributed by atoms with Gasteiger partial charge in [0.1, 0.15) is 11.5 Å². The molecule has 1 saturated heterocycles. The van der Waals surface area contributed by atoms with Gasteiger partial charge in [-0.05, 0) is 27.7 Å². The second-order valence-electron chi connectivity index (χ2n) is 5.45. The molecule has 6 heteroatoms. The minimum Gasteiger partial charge on any atom is -0.465 e. The van der Waals surface area contributed by atoms with Gasteiger partial charge in [-0.2, -0.15) is 0 Å². The van der Waals surface area contributed by atoms with Gasteiger partial charge >= 0.3 is 12.1 Å². The van der Waals surface area contributed by atoms with E-state index < -0.39 is 23.6 Å². The first-order valence-electron chi connectivity index (χ1n) is 6.42. The fourth-order valence-electron chi connectivity index (χ4n) is 1.77. The summed E-state index contributed by atoms with van der Waals surface area (Å²) in [5, 5.41) is 0. The Morgan fingerprint density at radius 3 is 2.53 bits per heavy atom. The number of ketones is 1. The lowest BCUT2D eigenvalue weighted by Crippen LogP contribution is -2.48. The smallest absolute Gasteiger partial charge is 0.410 e. The van der Waals surface area contributed by atoms with Crippen molar-refractivity contribution in [3.63, 3.8) is 0 Å². The fourth-order valence-corrected chi connectivity index (χ4v) is 1.77. The van der Waals surface area contributed by atoms with E-state index in [1.807, 2.05) is 0 Å². The largest absolute Gasteiger partial charge is 0.465 e. The molecule has 1 amide bonds. The summed E-state index contributed by atoms with van der Waals surface area (Å²) in [6.07, 6.45) is -0.350. The number of Topliss-reactive ketones (excluding diaryl/α,β-unsaturated/α-hetero) is 1. The summed E-state index contributed by atoms with van der Waals surface area (Å²) in [7, 11) is 0. The van der Waals surface area contributed by atoms with Crippen LogP contribution in [0, 0.1) is 5.92 Å². The summed E-state index contributed by atoms with van der Waals surface area (Å²) in [5.74, 6) is -1.64. The van der Waals surface area contributed by atoms with Crippen LogP contribution in [0.1, 0.15) is 34.1 Å². The molecule has 1 heterocycles. The number of hydrogen-bond donors (Lipinski definition) is 0. The molecule has 1 fully saturated rings. The highest BCUT2D eigenvalue weighted by Crippen LogP contribution is 2.18. The lowest BCUT2D eigenvalue weighted by atomic mass is 9.97. The third kappa shape index (κ3) is 4.54. The summed E-state index contributed by atoms with van der Waals surface area (Å²) in [4.78, 5) is 36.6. The SMILES string of the molecule is CCOC(=O)[C@@H]1CN(C(=O)OC(C)(C)C)CCC1=O. The van der Waals surface area contributed by atoms with E-state index in [1.54, 1.807) is 27.7 Å². The van der Waals surface area contributed by atoms with E-state index >= 15 is 0 Å². The minimum atomic E-state index is -0.888. The highest BCUT2D eigenvalue weighted by atomic mass is 16.6. The van der Waals surface area contributed by atoms with Gasteiger partial charge in [0.2, 0.25) is 0 Å². The van der Waals surface area contributed by atoms with Crippen molar-refractivity contribution >= 4 is 17.8 Å². The van der Waals surface area contributed by atoms with Crippen molar-refractivity contribution in [1.29, 1.82) is 0 Å². The van der Waals surface area contributed by atoms with Crippen LogP contribution in [0.5, 0.6) is 0 Å². The summed E-state index contributed by atoms with van der Waals surface area (Å²) >= 11 is 0. The van der Waals surface area contributed by atoms with E-state index in [9.17, 15) is 14.4 Å². The predicted molar refractivity (Wildman–Crippen MR) is 67.6 cm³/mol. The Bertz CT molecular complexity index is 372. The average Bonchev–Trinajstić information content (AvgIpc) is 2.27. The maximum absolute atomic E-state index is 11.9. The van der Waals surface area contributed by atoms with Gasteiger partial charge in [-0.1, -0.05) is 0 Å². The number of hydrogen-bond acceptors (Lipinski definition) is 5. The van der Waals surface area contributed by atoms with Gasteiger partial charge in [0.25, 0.3) is 0 Å². The molecular formula is C13H21NO5. The number of nitrogens with zero attached hydrogens (tertiary/aromatic N) is 1. The van der Waals surface area contributed by atoms with Crippen LogP contribution >= 0.6 is 0 Å². The molecule has 0 aromatic heterocycles. The molecule has 0 bridgehead atoms. The minimum absolute atomic E-state index is 0.0343. The number of esters is 1. The zero-order valence-electron chi connectivity index (χ0n) is 11.9. The average molecular weight is 271 g/mol. The first-order chi connectivity index (χ1) is 8.74. The Balaban J connectivity index is 2.66. The number of piperidine rings is 1. The third-order valence-electron chi connectivity index (χ3n) is 2.64. The first kappa shape index (κ1) is 15.5. The van der Waals surface area contributed by atoms with Crippen molar-refractivity contribution in [3.05, 3.63) is 0 Å². The summed E-state index contributed by atoms with van der Waals surface area (Å²) < 4.78 is 10.1. The van der Waals surface area contributed by atoms with Gasteiger partial charge in [-0.25, -0.2) is 4.79 Å². The highest BCUT2D eigenvalue weighted by Gasteiger charge is 2.37. The molecule has 0 unspecified atom stereocenters. The Labute approximate surface area is 113 Å². The third-order valence-corrected chi connectivity index (χ3v) is 2.64. The van der Waals surface area contributed by atoms with Crippen LogP contribution in [0.4, 0.5) is 4.79 Å². The van der Waals surface area contributed by atoms with Crippen LogP contribution in [0.2, 0.25) is 0 Å². The van der Waals surface area contributed by atoms with E-state index in [0.717, 1.165) is 0 Å². The zero-order chi connectivity index (χ0) is 14.6. The quantitative estimate of drug-likeness (QED) is 0.560. The Kier molecular flexibility index (Phi) is 4.91. The fraction of sp³-hybridized carbons (Fsp3) is 0.769. The maximum Gasteiger partial charge on any atom is 0.410 e. The number of amides is 1.